The Kier molecular flexibility index (Phi) is 4.76. The van der Waals surface area contributed by atoms with Crippen LogP contribution in [-0.2, 0) is 6.42 Å². The van der Waals surface area contributed by atoms with Crippen LogP contribution in [0.3, 0.4) is 0 Å². The summed E-state index contributed by atoms with van der Waals surface area (Å²) in [7, 11) is 0. The molecule has 0 radical (unpaired) electrons. The predicted octanol–water partition coefficient (Wildman–Crippen LogP) is 4.18. The van der Waals surface area contributed by atoms with Gasteiger partial charge in [0.1, 0.15) is 0 Å². The highest BCUT2D eigenvalue weighted by Gasteiger charge is 1.98. The highest BCUT2D eigenvalue weighted by atomic mass is 79.9. The SMILES string of the molecule is CC(=CCS)Cc1ccc(Br)c(C)c1. The van der Waals surface area contributed by atoms with Crippen LogP contribution in [-0.4, -0.2) is 5.75 Å². The van der Waals surface area contributed by atoms with Crippen LogP contribution < -0.4 is 0 Å². The Bertz CT molecular complexity index is 342. The molecule has 1 aromatic carbocycles. The molecule has 0 saturated heterocycles. The van der Waals surface area contributed by atoms with Crippen molar-refractivity contribution in [1.82, 2.24) is 0 Å². The minimum atomic E-state index is 0.821. The van der Waals surface area contributed by atoms with E-state index in [1.807, 2.05) is 0 Å². The lowest BCUT2D eigenvalue weighted by Crippen LogP contribution is -1.89. The Morgan fingerprint density at radius 3 is 2.79 bits per heavy atom. The van der Waals surface area contributed by atoms with Crippen molar-refractivity contribution >= 4 is 28.6 Å². The Hall–Kier alpha value is -0.210. The van der Waals surface area contributed by atoms with E-state index >= 15 is 0 Å². The number of benzene rings is 1. The van der Waals surface area contributed by atoms with Crippen molar-refractivity contribution in [3.05, 3.63) is 45.4 Å². The number of hydrogen-bond donors (Lipinski definition) is 1. The molecule has 0 aromatic heterocycles. The molecule has 0 saturated carbocycles. The summed E-state index contributed by atoms with van der Waals surface area (Å²) >= 11 is 7.68. The fourth-order valence-corrected chi connectivity index (χ4v) is 1.93. The van der Waals surface area contributed by atoms with Crippen LogP contribution in [0.5, 0.6) is 0 Å². The van der Waals surface area contributed by atoms with Gasteiger partial charge in [0.2, 0.25) is 0 Å². The van der Waals surface area contributed by atoms with Crippen molar-refractivity contribution in [2.45, 2.75) is 20.3 Å². The smallest absolute Gasteiger partial charge is 0.0204 e. The molecule has 0 spiro atoms. The lowest BCUT2D eigenvalue weighted by Gasteiger charge is -2.04. The van der Waals surface area contributed by atoms with E-state index in [0.29, 0.717) is 0 Å². The maximum atomic E-state index is 4.18. The Morgan fingerprint density at radius 2 is 2.21 bits per heavy atom. The molecule has 0 heterocycles. The molecule has 0 amide bonds. The molecule has 0 unspecified atom stereocenters. The molecular formula is C12H15BrS. The predicted molar refractivity (Wildman–Crippen MR) is 70.2 cm³/mol. The van der Waals surface area contributed by atoms with Gasteiger partial charge in [0, 0.05) is 10.2 Å². The third-order valence-corrected chi connectivity index (χ3v) is 3.22. The van der Waals surface area contributed by atoms with E-state index in [9.17, 15) is 0 Å². The van der Waals surface area contributed by atoms with Gasteiger partial charge in [-0.15, -0.1) is 0 Å². The van der Waals surface area contributed by atoms with Gasteiger partial charge in [-0.05, 0) is 37.5 Å². The number of halogens is 1. The van der Waals surface area contributed by atoms with Gasteiger partial charge < -0.3 is 0 Å². The summed E-state index contributed by atoms with van der Waals surface area (Å²) in [6.45, 7) is 4.26. The summed E-state index contributed by atoms with van der Waals surface area (Å²) in [6.07, 6.45) is 3.18. The van der Waals surface area contributed by atoms with Crippen LogP contribution >= 0.6 is 28.6 Å². The van der Waals surface area contributed by atoms with E-state index in [-0.39, 0.29) is 0 Å². The molecule has 0 bridgehead atoms. The summed E-state index contributed by atoms with van der Waals surface area (Å²) in [5, 5.41) is 0. The van der Waals surface area contributed by atoms with Crippen LogP contribution in [0.15, 0.2) is 34.3 Å². The van der Waals surface area contributed by atoms with E-state index in [1.54, 1.807) is 0 Å². The van der Waals surface area contributed by atoms with Crippen LogP contribution in [0.2, 0.25) is 0 Å². The monoisotopic (exact) mass is 270 g/mol. The van der Waals surface area contributed by atoms with Crippen LogP contribution in [0.4, 0.5) is 0 Å². The Balaban J connectivity index is 2.78. The van der Waals surface area contributed by atoms with E-state index < -0.39 is 0 Å². The van der Waals surface area contributed by atoms with Gasteiger partial charge in [0.25, 0.3) is 0 Å². The second kappa shape index (κ2) is 5.62. The topological polar surface area (TPSA) is 0 Å². The molecular weight excluding hydrogens is 256 g/mol. The Morgan fingerprint density at radius 1 is 1.50 bits per heavy atom. The molecule has 14 heavy (non-hydrogen) atoms. The lowest BCUT2D eigenvalue weighted by atomic mass is 10.0. The minimum Gasteiger partial charge on any atom is -0.175 e. The molecule has 0 aliphatic rings. The first kappa shape index (κ1) is 11.9. The molecule has 2 heteroatoms. The maximum Gasteiger partial charge on any atom is 0.0204 e. The average Bonchev–Trinajstić information content (AvgIpc) is 2.12. The average molecular weight is 271 g/mol. The second-order valence-corrected chi connectivity index (χ2v) is 4.71. The zero-order valence-electron chi connectivity index (χ0n) is 8.55. The van der Waals surface area contributed by atoms with Gasteiger partial charge in [0.15, 0.2) is 0 Å². The van der Waals surface area contributed by atoms with E-state index in [1.165, 1.54) is 21.2 Å². The highest BCUT2D eigenvalue weighted by molar-refractivity contribution is 9.10. The molecule has 0 atom stereocenters. The Labute approximate surface area is 100.0 Å². The van der Waals surface area contributed by atoms with Crippen molar-refractivity contribution in [3.63, 3.8) is 0 Å². The summed E-state index contributed by atoms with van der Waals surface area (Å²) in [5.74, 6) is 0.821. The van der Waals surface area contributed by atoms with Gasteiger partial charge in [-0.1, -0.05) is 39.7 Å². The van der Waals surface area contributed by atoms with Gasteiger partial charge in [0.05, 0.1) is 0 Å². The molecule has 0 fully saturated rings. The molecule has 76 valence electrons. The number of thiol groups is 1. The first-order chi connectivity index (χ1) is 6.63. The maximum absolute atomic E-state index is 4.18. The van der Waals surface area contributed by atoms with Crippen molar-refractivity contribution in [1.29, 1.82) is 0 Å². The number of hydrogen-bond acceptors (Lipinski definition) is 1. The third-order valence-electron chi connectivity index (χ3n) is 2.15. The van der Waals surface area contributed by atoms with Crippen LogP contribution in [0.25, 0.3) is 0 Å². The van der Waals surface area contributed by atoms with E-state index in [0.717, 1.165) is 12.2 Å². The summed E-state index contributed by atoms with van der Waals surface area (Å²) in [4.78, 5) is 0. The zero-order valence-corrected chi connectivity index (χ0v) is 11.0. The van der Waals surface area contributed by atoms with E-state index in [4.69, 9.17) is 0 Å². The normalized spacial score (nSPS) is 11.9. The highest BCUT2D eigenvalue weighted by Crippen LogP contribution is 2.18. The van der Waals surface area contributed by atoms with Crippen molar-refractivity contribution in [2.24, 2.45) is 0 Å². The number of aryl methyl sites for hydroxylation is 1. The van der Waals surface area contributed by atoms with Crippen molar-refractivity contribution in [2.75, 3.05) is 5.75 Å². The standard InChI is InChI=1S/C12H15BrS/c1-9(5-6-14)7-11-3-4-12(13)10(2)8-11/h3-5,8,14H,6-7H2,1-2H3. The summed E-state index contributed by atoms with van der Waals surface area (Å²) < 4.78 is 1.18. The first-order valence-electron chi connectivity index (χ1n) is 4.65. The van der Waals surface area contributed by atoms with Gasteiger partial charge >= 0.3 is 0 Å². The number of rotatable bonds is 3. The third kappa shape index (κ3) is 3.50. The lowest BCUT2D eigenvalue weighted by molar-refractivity contribution is 1.13. The van der Waals surface area contributed by atoms with Crippen LogP contribution in [0.1, 0.15) is 18.1 Å². The molecule has 1 rings (SSSR count). The molecule has 0 N–H and O–H groups in total. The molecule has 0 aliphatic heterocycles. The number of allylic oxidation sites excluding steroid dienone is 1. The van der Waals surface area contributed by atoms with E-state index in [2.05, 4.69) is 66.7 Å². The van der Waals surface area contributed by atoms with Crippen molar-refractivity contribution in [3.8, 4) is 0 Å². The zero-order chi connectivity index (χ0) is 10.6. The first-order valence-corrected chi connectivity index (χ1v) is 6.07. The van der Waals surface area contributed by atoms with Gasteiger partial charge in [-0.2, -0.15) is 12.6 Å². The largest absolute Gasteiger partial charge is 0.175 e. The van der Waals surface area contributed by atoms with Gasteiger partial charge in [-0.3, -0.25) is 0 Å². The second-order valence-electron chi connectivity index (χ2n) is 3.49. The fraction of sp³-hybridized carbons (Fsp3) is 0.333. The summed E-state index contributed by atoms with van der Waals surface area (Å²) in [5.41, 5.74) is 4.03. The summed E-state index contributed by atoms with van der Waals surface area (Å²) in [6, 6.07) is 6.49. The van der Waals surface area contributed by atoms with Gasteiger partial charge in [-0.25, -0.2) is 0 Å². The fourth-order valence-electron chi connectivity index (χ4n) is 1.37. The quantitative estimate of drug-likeness (QED) is 0.619. The molecule has 0 nitrogen and oxygen atoms in total. The molecule has 0 aliphatic carbocycles. The van der Waals surface area contributed by atoms with Crippen LogP contribution in [0, 0.1) is 6.92 Å². The minimum absolute atomic E-state index is 0.821. The molecule has 1 aromatic rings. The van der Waals surface area contributed by atoms with Crippen molar-refractivity contribution < 1.29 is 0 Å².